The predicted octanol–water partition coefficient (Wildman–Crippen LogP) is 2.64. The third-order valence-electron chi connectivity index (χ3n) is 5.39. The van der Waals surface area contributed by atoms with E-state index in [1.807, 2.05) is 0 Å². The van der Waals surface area contributed by atoms with E-state index in [1.165, 1.54) is 32.1 Å². The molecule has 0 aromatic carbocycles. The second-order valence-electron chi connectivity index (χ2n) is 6.13. The topological polar surface area (TPSA) is 38.5 Å². The smallest absolute Gasteiger partial charge is 0.0736 e. The molecule has 3 nitrogen and oxygen atoms in total. The highest BCUT2D eigenvalue weighted by molar-refractivity contribution is 4.95. The van der Waals surface area contributed by atoms with E-state index in [0.717, 1.165) is 5.92 Å². The zero-order valence-electron chi connectivity index (χ0n) is 12.9. The maximum Gasteiger partial charge on any atom is 0.0736 e. The van der Waals surface area contributed by atoms with Crippen molar-refractivity contribution in [1.82, 2.24) is 4.90 Å². The van der Waals surface area contributed by atoms with E-state index in [1.54, 1.807) is 7.11 Å². The molecule has 1 aliphatic carbocycles. The molecule has 1 rings (SSSR count). The molecule has 0 aromatic heterocycles. The van der Waals surface area contributed by atoms with Gasteiger partial charge in [0, 0.05) is 19.7 Å². The lowest BCUT2D eigenvalue weighted by Gasteiger charge is -2.47. The fourth-order valence-corrected chi connectivity index (χ4v) is 3.21. The molecule has 0 radical (unpaired) electrons. The van der Waals surface area contributed by atoms with Gasteiger partial charge in [0.25, 0.3) is 0 Å². The van der Waals surface area contributed by atoms with Gasteiger partial charge in [-0.05, 0) is 52.5 Å². The van der Waals surface area contributed by atoms with Gasteiger partial charge in [-0.1, -0.05) is 13.3 Å². The zero-order valence-corrected chi connectivity index (χ0v) is 12.9. The largest absolute Gasteiger partial charge is 0.380 e. The predicted molar refractivity (Wildman–Crippen MR) is 77.7 cm³/mol. The molecule has 0 heterocycles. The average molecular weight is 256 g/mol. The number of rotatable bonds is 6. The Bertz CT molecular complexity index is 239. The third kappa shape index (κ3) is 3.25. The molecule has 2 atom stereocenters. The van der Waals surface area contributed by atoms with Gasteiger partial charge in [0.05, 0.1) is 11.6 Å². The minimum absolute atomic E-state index is 0.0571. The molecular formula is C15H32N2O. The number of methoxy groups -OCH3 is 1. The fourth-order valence-electron chi connectivity index (χ4n) is 3.21. The molecule has 108 valence electrons. The van der Waals surface area contributed by atoms with Crippen LogP contribution in [0.15, 0.2) is 0 Å². The highest BCUT2D eigenvalue weighted by Gasteiger charge is 2.38. The summed E-state index contributed by atoms with van der Waals surface area (Å²) in [5.74, 6) is 0.943. The average Bonchev–Trinajstić information content (AvgIpc) is 2.44. The molecule has 18 heavy (non-hydrogen) atoms. The Balaban J connectivity index is 2.65. The standard InChI is InChI=1S/C15H32N2O/c1-6-13-7-9-14(10-8-13)17(4)15(3,11-16)12(2)18-5/h12-14H,6-11,16H2,1-5H3. The van der Waals surface area contributed by atoms with Crippen LogP contribution in [0.25, 0.3) is 0 Å². The van der Waals surface area contributed by atoms with E-state index in [9.17, 15) is 0 Å². The summed E-state index contributed by atoms with van der Waals surface area (Å²) in [6.45, 7) is 7.31. The van der Waals surface area contributed by atoms with Gasteiger partial charge in [-0.25, -0.2) is 0 Å². The number of nitrogens with two attached hydrogens (primary N) is 1. The Morgan fingerprint density at radius 1 is 1.33 bits per heavy atom. The fraction of sp³-hybridized carbons (Fsp3) is 1.00. The van der Waals surface area contributed by atoms with Crippen molar-refractivity contribution in [3.05, 3.63) is 0 Å². The summed E-state index contributed by atoms with van der Waals surface area (Å²) in [5.41, 5.74) is 5.97. The van der Waals surface area contributed by atoms with Crippen LogP contribution in [0.5, 0.6) is 0 Å². The SMILES string of the molecule is CCC1CCC(N(C)C(C)(CN)C(C)OC)CC1. The molecule has 0 spiro atoms. The second kappa shape index (κ2) is 6.88. The van der Waals surface area contributed by atoms with Gasteiger partial charge in [0.15, 0.2) is 0 Å². The van der Waals surface area contributed by atoms with Crippen molar-refractivity contribution in [2.24, 2.45) is 11.7 Å². The van der Waals surface area contributed by atoms with Gasteiger partial charge in [-0.3, -0.25) is 4.90 Å². The molecule has 0 bridgehead atoms. The van der Waals surface area contributed by atoms with Crippen LogP contribution in [0.4, 0.5) is 0 Å². The Morgan fingerprint density at radius 2 is 1.89 bits per heavy atom. The van der Waals surface area contributed by atoms with Crippen molar-refractivity contribution in [3.8, 4) is 0 Å². The van der Waals surface area contributed by atoms with Gasteiger partial charge in [-0.2, -0.15) is 0 Å². The maximum absolute atomic E-state index is 6.02. The van der Waals surface area contributed by atoms with Gasteiger partial charge in [0.1, 0.15) is 0 Å². The molecule has 3 heteroatoms. The van der Waals surface area contributed by atoms with Crippen LogP contribution in [-0.4, -0.2) is 43.3 Å². The van der Waals surface area contributed by atoms with E-state index in [4.69, 9.17) is 10.5 Å². The van der Waals surface area contributed by atoms with Crippen molar-refractivity contribution < 1.29 is 4.74 Å². The Kier molecular flexibility index (Phi) is 6.09. The van der Waals surface area contributed by atoms with E-state index in [2.05, 4.69) is 32.7 Å². The third-order valence-corrected chi connectivity index (χ3v) is 5.39. The molecule has 0 amide bonds. The summed E-state index contributed by atoms with van der Waals surface area (Å²) in [5, 5.41) is 0. The molecule has 1 fully saturated rings. The van der Waals surface area contributed by atoms with Gasteiger partial charge in [-0.15, -0.1) is 0 Å². The van der Waals surface area contributed by atoms with Crippen molar-refractivity contribution in [1.29, 1.82) is 0 Å². The van der Waals surface area contributed by atoms with E-state index < -0.39 is 0 Å². The molecule has 0 saturated heterocycles. The lowest BCUT2D eigenvalue weighted by molar-refractivity contribution is -0.0460. The monoisotopic (exact) mass is 256 g/mol. The van der Waals surface area contributed by atoms with Crippen molar-refractivity contribution >= 4 is 0 Å². The van der Waals surface area contributed by atoms with Gasteiger partial charge in [0.2, 0.25) is 0 Å². The summed E-state index contributed by atoms with van der Waals surface area (Å²) in [7, 11) is 4.00. The summed E-state index contributed by atoms with van der Waals surface area (Å²) in [6.07, 6.45) is 6.85. The first-order valence-electron chi connectivity index (χ1n) is 7.45. The van der Waals surface area contributed by atoms with Crippen molar-refractivity contribution in [2.45, 2.75) is 70.6 Å². The van der Waals surface area contributed by atoms with Crippen molar-refractivity contribution in [3.63, 3.8) is 0 Å². The van der Waals surface area contributed by atoms with Crippen molar-refractivity contribution in [2.75, 3.05) is 20.7 Å². The zero-order chi connectivity index (χ0) is 13.8. The highest BCUT2D eigenvalue weighted by Crippen LogP contribution is 2.33. The van der Waals surface area contributed by atoms with Crippen LogP contribution in [0.1, 0.15) is 52.9 Å². The minimum atomic E-state index is -0.0571. The first-order chi connectivity index (χ1) is 8.49. The summed E-state index contributed by atoms with van der Waals surface area (Å²) in [4.78, 5) is 2.48. The van der Waals surface area contributed by atoms with E-state index in [0.29, 0.717) is 12.6 Å². The first-order valence-corrected chi connectivity index (χ1v) is 7.45. The lowest BCUT2D eigenvalue weighted by atomic mass is 9.81. The second-order valence-corrected chi connectivity index (χ2v) is 6.13. The molecule has 1 saturated carbocycles. The number of hydrogen-bond acceptors (Lipinski definition) is 3. The van der Waals surface area contributed by atoms with Gasteiger partial charge >= 0.3 is 0 Å². The highest BCUT2D eigenvalue weighted by atomic mass is 16.5. The number of likely N-dealkylation sites (N-methyl/N-ethyl adjacent to an activating group) is 1. The first kappa shape index (κ1) is 15.9. The normalized spacial score (nSPS) is 30.2. The Morgan fingerprint density at radius 3 is 2.28 bits per heavy atom. The lowest BCUT2D eigenvalue weighted by Crippen LogP contribution is -2.60. The van der Waals surface area contributed by atoms with Crippen LogP contribution >= 0.6 is 0 Å². The Labute approximate surface area is 113 Å². The number of nitrogens with zero attached hydrogens (tertiary/aromatic N) is 1. The molecule has 2 N–H and O–H groups in total. The minimum Gasteiger partial charge on any atom is -0.380 e. The van der Waals surface area contributed by atoms with Crippen LogP contribution in [-0.2, 0) is 4.74 Å². The summed E-state index contributed by atoms with van der Waals surface area (Å²) < 4.78 is 5.54. The van der Waals surface area contributed by atoms with E-state index in [-0.39, 0.29) is 11.6 Å². The Hall–Kier alpha value is -0.120. The number of hydrogen-bond donors (Lipinski definition) is 1. The summed E-state index contributed by atoms with van der Waals surface area (Å²) in [6, 6.07) is 0.666. The molecular weight excluding hydrogens is 224 g/mol. The quantitative estimate of drug-likeness (QED) is 0.794. The number of ether oxygens (including phenoxy) is 1. The molecule has 0 aliphatic heterocycles. The molecule has 0 aromatic rings. The molecule has 2 unspecified atom stereocenters. The molecule has 1 aliphatic rings. The van der Waals surface area contributed by atoms with Gasteiger partial charge < -0.3 is 10.5 Å². The maximum atomic E-state index is 6.02. The van der Waals surface area contributed by atoms with Crippen LogP contribution in [0, 0.1) is 5.92 Å². The summed E-state index contributed by atoms with van der Waals surface area (Å²) >= 11 is 0. The van der Waals surface area contributed by atoms with Crippen LogP contribution < -0.4 is 5.73 Å². The van der Waals surface area contributed by atoms with Crippen LogP contribution in [0.3, 0.4) is 0 Å². The van der Waals surface area contributed by atoms with Crippen LogP contribution in [0.2, 0.25) is 0 Å². The van der Waals surface area contributed by atoms with E-state index >= 15 is 0 Å².